The van der Waals surface area contributed by atoms with Gasteiger partial charge in [0.05, 0.1) is 24.3 Å². The van der Waals surface area contributed by atoms with Crippen molar-refractivity contribution in [2.45, 2.75) is 32.4 Å². The van der Waals surface area contributed by atoms with Crippen LogP contribution in [0.15, 0.2) is 36.8 Å². The number of hydrogen-bond donors (Lipinski definition) is 1. The summed E-state index contributed by atoms with van der Waals surface area (Å²) in [6.07, 6.45) is 6.10. The molecule has 0 spiro atoms. The first kappa shape index (κ1) is 13.2. The molecule has 1 unspecified atom stereocenters. The molecule has 3 rings (SSSR count). The van der Waals surface area contributed by atoms with Crippen molar-refractivity contribution in [1.82, 2.24) is 9.55 Å². The van der Waals surface area contributed by atoms with Gasteiger partial charge in [-0.25, -0.2) is 4.98 Å². The predicted octanol–water partition coefficient (Wildman–Crippen LogP) is 2.36. The summed E-state index contributed by atoms with van der Waals surface area (Å²) < 4.78 is 2.23. The van der Waals surface area contributed by atoms with Gasteiger partial charge in [-0.05, 0) is 24.5 Å². The van der Waals surface area contributed by atoms with Gasteiger partial charge >= 0.3 is 0 Å². The molecule has 2 aromatic rings. The fourth-order valence-corrected chi connectivity index (χ4v) is 3.13. The Labute approximate surface area is 120 Å². The zero-order chi connectivity index (χ0) is 13.9. The van der Waals surface area contributed by atoms with Crippen LogP contribution in [0.4, 0.5) is 5.69 Å². The van der Waals surface area contributed by atoms with Gasteiger partial charge in [-0.3, -0.25) is 0 Å². The standard InChI is InChI=1S/C16H22N4/c1-2-8-19-12-18-11-16(19)15(10-17)20-9-7-13-5-3-4-6-14(13)20/h3-6,11-12,15H,2,7-10,17H2,1H3. The first-order valence-electron chi connectivity index (χ1n) is 7.39. The predicted molar refractivity (Wildman–Crippen MR) is 81.8 cm³/mol. The van der Waals surface area contributed by atoms with Gasteiger partial charge in [0, 0.05) is 25.3 Å². The van der Waals surface area contributed by atoms with Gasteiger partial charge in [0.25, 0.3) is 0 Å². The fourth-order valence-electron chi connectivity index (χ4n) is 3.13. The number of benzene rings is 1. The van der Waals surface area contributed by atoms with E-state index in [1.807, 2.05) is 12.5 Å². The van der Waals surface area contributed by atoms with Crippen molar-refractivity contribution in [3.8, 4) is 0 Å². The van der Waals surface area contributed by atoms with Crippen LogP contribution in [0.2, 0.25) is 0 Å². The Morgan fingerprint density at radius 1 is 1.35 bits per heavy atom. The van der Waals surface area contributed by atoms with Gasteiger partial charge in [-0.2, -0.15) is 0 Å². The number of nitrogens with zero attached hydrogens (tertiary/aromatic N) is 3. The van der Waals surface area contributed by atoms with Crippen molar-refractivity contribution in [2.24, 2.45) is 5.73 Å². The molecule has 1 aromatic heterocycles. The molecule has 2 N–H and O–H groups in total. The molecule has 20 heavy (non-hydrogen) atoms. The number of para-hydroxylation sites is 1. The van der Waals surface area contributed by atoms with Crippen LogP contribution in [0, 0.1) is 0 Å². The molecular weight excluding hydrogens is 248 g/mol. The molecule has 4 nitrogen and oxygen atoms in total. The molecule has 0 radical (unpaired) electrons. The lowest BCUT2D eigenvalue weighted by Crippen LogP contribution is -2.33. The number of aromatic nitrogens is 2. The van der Waals surface area contributed by atoms with E-state index < -0.39 is 0 Å². The third-order valence-electron chi connectivity index (χ3n) is 4.07. The second-order valence-electron chi connectivity index (χ2n) is 5.34. The van der Waals surface area contributed by atoms with E-state index in [0.29, 0.717) is 6.54 Å². The third kappa shape index (κ3) is 2.20. The van der Waals surface area contributed by atoms with Gasteiger partial charge in [0.1, 0.15) is 0 Å². The van der Waals surface area contributed by atoms with Crippen LogP contribution in [0.1, 0.15) is 30.6 Å². The highest BCUT2D eigenvalue weighted by Crippen LogP contribution is 2.34. The molecule has 0 bridgehead atoms. The van der Waals surface area contributed by atoms with Crippen molar-refractivity contribution >= 4 is 5.69 Å². The lowest BCUT2D eigenvalue weighted by molar-refractivity contribution is 0.566. The number of fused-ring (bicyclic) bond motifs is 1. The second-order valence-corrected chi connectivity index (χ2v) is 5.34. The number of hydrogen-bond acceptors (Lipinski definition) is 3. The fraction of sp³-hybridized carbons (Fsp3) is 0.438. The number of anilines is 1. The maximum absolute atomic E-state index is 6.08. The lowest BCUT2D eigenvalue weighted by Gasteiger charge is -2.30. The molecule has 1 aromatic carbocycles. The first-order valence-corrected chi connectivity index (χ1v) is 7.39. The van der Waals surface area contributed by atoms with E-state index in [2.05, 4.69) is 45.6 Å². The number of rotatable bonds is 5. The Morgan fingerprint density at radius 2 is 2.20 bits per heavy atom. The van der Waals surface area contributed by atoms with Crippen LogP contribution < -0.4 is 10.6 Å². The third-order valence-corrected chi connectivity index (χ3v) is 4.07. The second kappa shape index (κ2) is 5.67. The molecule has 4 heteroatoms. The topological polar surface area (TPSA) is 47.1 Å². The maximum Gasteiger partial charge on any atom is 0.0948 e. The first-order chi connectivity index (χ1) is 9.85. The van der Waals surface area contributed by atoms with E-state index in [0.717, 1.165) is 25.9 Å². The van der Waals surface area contributed by atoms with Gasteiger partial charge < -0.3 is 15.2 Å². The van der Waals surface area contributed by atoms with Gasteiger partial charge in [-0.1, -0.05) is 25.1 Å². The summed E-state index contributed by atoms with van der Waals surface area (Å²) >= 11 is 0. The molecular formula is C16H22N4. The molecule has 106 valence electrons. The summed E-state index contributed by atoms with van der Waals surface area (Å²) in [4.78, 5) is 6.75. The summed E-state index contributed by atoms with van der Waals surface area (Å²) in [6.45, 7) is 4.84. The van der Waals surface area contributed by atoms with Gasteiger partial charge in [0.15, 0.2) is 0 Å². The smallest absolute Gasteiger partial charge is 0.0948 e. The number of nitrogens with two attached hydrogens (primary N) is 1. The molecule has 1 aliphatic heterocycles. The largest absolute Gasteiger partial charge is 0.361 e. The summed E-state index contributed by atoms with van der Waals surface area (Å²) in [7, 11) is 0. The molecule has 0 saturated heterocycles. The highest BCUT2D eigenvalue weighted by molar-refractivity contribution is 5.59. The minimum absolute atomic E-state index is 0.215. The van der Waals surface area contributed by atoms with E-state index >= 15 is 0 Å². The minimum atomic E-state index is 0.215. The summed E-state index contributed by atoms with van der Waals surface area (Å²) in [6, 6.07) is 8.85. The quantitative estimate of drug-likeness (QED) is 0.907. The van der Waals surface area contributed by atoms with Crippen molar-refractivity contribution in [3.05, 3.63) is 48.0 Å². The summed E-state index contributed by atoms with van der Waals surface area (Å²) in [5, 5.41) is 0. The molecule has 1 aliphatic rings. The van der Waals surface area contributed by atoms with Crippen LogP contribution in [-0.4, -0.2) is 22.6 Å². The highest BCUT2D eigenvalue weighted by atomic mass is 15.2. The maximum atomic E-state index is 6.08. The minimum Gasteiger partial charge on any atom is -0.361 e. The van der Waals surface area contributed by atoms with Crippen molar-refractivity contribution in [1.29, 1.82) is 0 Å². The summed E-state index contributed by atoms with van der Waals surface area (Å²) in [5.41, 5.74) is 10.1. The molecule has 0 fully saturated rings. The molecule has 2 heterocycles. The average Bonchev–Trinajstić information content (AvgIpc) is 3.09. The summed E-state index contributed by atoms with van der Waals surface area (Å²) in [5.74, 6) is 0. The van der Waals surface area contributed by atoms with Crippen molar-refractivity contribution < 1.29 is 0 Å². The Kier molecular flexibility index (Phi) is 3.74. The van der Waals surface area contributed by atoms with E-state index in [9.17, 15) is 0 Å². The Morgan fingerprint density at radius 3 is 3.00 bits per heavy atom. The van der Waals surface area contributed by atoms with Gasteiger partial charge in [-0.15, -0.1) is 0 Å². The Bertz CT molecular complexity index is 575. The lowest BCUT2D eigenvalue weighted by atomic mass is 10.1. The molecule has 0 saturated carbocycles. The van der Waals surface area contributed by atoms with Crippen molar-refractivity contribution in [2.75, 3.05) is 18.0 Å². The van der Waals surface area contributed by atoms with E-state index in [4.69, 9.17) is 5.73 Å². The molecule has 1 atom stereocenters. The zero-order valence-electron chi connectivity index (χ0n) is 12.0. The highest BCUT2D eigenvalue weighted by Gasteiger charge is 2.27. The molecule has 0 amide bonds. The Balaban J connectivity index is 1.93. The number of imidazole rings is 1. The van der Waals surface area contributed by atoms with Crippen molar-refractivity contribution in [3.63, 3.8) is 0 Å². The van der Waals surface area contributed by atoms with E-state index in [1.54, 1.807) is 0 Å². The van der Waals surface area contributed by atoms with E-state index in [1.165, 1.54) is 16.9 Å². The van der Waals surface area contributed by atoms with Crippen LogP contribution in [0.5, 0.6) is 0 Å². The Hall–Kier alpha value is -1.81. The average molecular weight is 270 g/mol. The van der Waals surface area contributed by atoms with E-state index in [-0.39, 0.29) is 6.04 Å². The zero-order valence-corrected chi connectivity index (χ0v) is 12.0. The monoisotopic (exact) mass is 270 g/mol. The van der Waals surface area contributed by atoms with Crippen LogP contribution in [-0.2, 0) is 13.0 Å². The normalized spacial score (nSPS) is 15.4. The SMILES string of the molecule is CCCn1cncc1C(CN)N1CCc2ccccc21. The van der Waals surface area contributed by atoms with Crippen LogP contribution >= 0.6 is 0 Å². The van der Waals surface area contributed by atoms with Crippen LogP contribution in [0.25, 0.3) is 0 Å². The molecule has 0 aliphatic carbocycles. The van der Waals surface area contributed by atoms with Gasteiger partial charge in [0.2, 0.25) is 0 Å². The number of aryl methyl sites for hydroxylation is 1. The van der Waals surface area contributed by atoms with Crippen LogP contribution in [0.3, 0.4) is 0 Å².